The highest BCUT2D eigenvalue weighted by Gasteiger charge is 2.45. The Morgan fingerprint density at radius 2 is 2.31 bits per heavy atom. The van der Waals surface area contributed by atoms with Gasteiger partial charge in [0.1, 0.15) is 6.61 Å². The van der Waals surface area contributed by atoms with Gasteiger partial charge in [-0.2, -0.15) is 0 Å². The molecule has 1 aliphatic heterocycles. The second-order valence-electron chi connectivity index (χ2n) is 3.06. The Morgan fingerprint density at radius 3 is 2.85 bits per heavy atom. The van der Waals surface area contributed by atoms with E-state index in [1.54, 1.807) is 0 Å². The van der Waals surface area contributed by atoms with Crippen LogP contribution in [0.4, 0.5) is 0 Å². The van der Waals surface area contributed by atoms with Gasteiger partial charge in [-0.25, -0.2) is 4.79 Å². The molecule has 0 aromatic carbocycles. The Balaban J connectivity index is 2.72. The number of rotatable bonds is 2. The maximum Gasteiger partial charge on any atom is 0.338 e. The average molecular weight is 190 g/mol. The van der Waals surface area contributed by atoms with Crippen LogP contribution in [-0.2, 0) is 14.3 Å². The lowest BCUT2D eigenvalue weighted by molar-refractivity contribution is -0.188. The lowest BCUT2D eigenvalue weighted by Crippen LogP contribution is -2.50. The predicted octanol–water partition coefficient (Wildman–Crippen LogP) is -1.50. The first-order valence-corrected chi connectivity index (χ1v) is 3.73. The van der Waals surface area contributed by atoms with E-state index in [9.17, 15) is 14.7 Å². The first-order chi connectivity index (χ1) is 5.94. The fourth-order valence-corrected chi connectivity index (χ4v) is 1.23. The average Bonchev–Trinajstić information content (AvgIpc) is 1.95. The second-order valence-corrected chi connectivity index (χ2v) is 3.06. The summed E-state index contributed by atoms with van der Waals surface area (Å²) in [5.41, 5.74) is -2.08. The van der Waals surface area contributed by atoms with Crippen molar-refractivity contribution in [2.75, 3.05) is 6.61 Å². The normalized spacial score (nSPS) is 34.0. The molecule has 0 amide bonds. The molecule has 0 radical (unpaired) electrons. The van der Waals surface area contributed by atoms with E-state index in [4.69, 9.17) is 10.2 Å². The standard InChI is InChI=1S/C7H10O6/c8-4-1-7(12,2-5(9)10)6(11)13-3-4/h4,8,12H,1-3H2,(H,9,10). The molecule has 6 nitrogen and oxygen atoms in total. The van der Waals surface area contributed by atoms with Crippen molar-refractivity contribution in [1.82, 2.24) is 0 Å². The molecule has 1 fully saturated rings. The van der Waals surface area contributed by atoms with E-state index in [0.29, 0.717) is 0 Å². The van der Waals surface area contributed by atoms with Crippen LogP contribution in [0.5, 0.6) is 0 Å². The molecule has 2 unspecified atom stereocenters. The third-order valence-corrected chi connectivity index (χ3v) is 1.80. The van der Waals surface area contributed by atoms with Gasteiger partial charge in [-0.3, -0.25) is 4.79 Å². The topological polar surface area (TPSA) is 104 Å². The van der Waals surface area contributed by atoms with Crippen molar-refractivity contribution < 1.29 is 29.6 Å². The third-order valence-electron chi connectivity index (χ3n) is 1.80. The first-order valence-electron chi connectivity index (χ1n) is 3.73. The van der Waals surface area contributed by atoms with Crippen molar-refractivity contribution in [2.24, 2.45) is 0 Å². The fourth-order valence-electron chi connectivity index (χ4n) is 1.23. The lowest BCUT2D eigenvalue weighted by Gasteiger charge is -2.31. The van der Waals surface area contributed by atoms with Crippen molar-refractivity contribution in [1.29, 1.82) is 0 Å². The van der Waals surface area contributed by atoms with Gasteiger partial charge in [0.25, 0.3) is 0 Å². The van der Waals surface area contributed by atoms with E-state index in [1.165, 1.54) is 0 Å². The van der Waals surface area contributed by atoms with Gasteiger partial charge in [-0.05, 0) is 0 Å². The Labute approximate surface area is 73.7 Å². The molecule has 3 N–H and O–H groups in total. The molecule has 0 aromatic heterocycles. The van der Waals surface area contributed by atoms with Gasteiger partial charge in [-0.15, -0.1) is 0 Å². The lowest BCUT2D eigenvalue weighted by atomic mass is 9.91. The zero-order chi connectivity index (χ0) is 10.1. The number of hydrogen-bond donors (Lipinski definition) is 3. The van der Waals surface area contributed by atoms with Gasteiger partial charge >= 0.3 is 11.9 Å². The van der Waals surface area contributed by atoms with Crippen molar-refractivity contribution in [2.45, 2.75) is 24.5 Å². The number of aliphatic hydroxyl groups excluding tert-OH is 1. The fraction of sp³-hybridized carbons (Fsp3) is 0.714. The zero-order valence-electron chi connectivity index (χ0n) is 6.77. The highest BCUT2D eigenvalue weighted by Crippen LogP contribution is 2.24. The maximum atomic E-state index is 11.0. The van der Waals surface area contributed by atoms with E-state index < -0.39 is 30.1 Å². The van der Waals surface area contributed by atoms with Gasteiger partial charge in [0.05, 0.1) is 12.5 Å². The Hall–Kier alpha value is -1.14. The van der Waals surface area contributed by atoms with Gasteiger partial charge in [0.15, 0.2) is 5.60 Å². The summed E-state index contributed by atoms with van der Waals surface area (Å²) < 4.78 is 4.40. The number of carboxylic acid groups (broad SMARTS) is 1. The number of cyclic esters (lactones) is 1. The molecule has 74 valence electrons. The third kappa shape index (κ3) is 2.16. The van der Waals surface area contributed by atoms with Crippen molar-refractivity contribution >= 4 is 11.9 Å². The molecule has 2 atom stereocenters. The smallest absolute Gasteiger partial charge is 0.338 e. The van der Waals surface area contributed by atoms with Gasteiger partial charge in [0, 0.05) is 6.42 Å². The molecule has 0 saturated carbocycles. The summed E-state index contributed by atoms with van der Waals surface area (Å²) in [6, 6.07) is 0. The highest BCUT2D eigenvalue weighted by molar-refractivity contribution is 5.85. The van der Waals surface area contributed by atoms with Crippen LogP contribution in [0.15, 0.2) is 0 Å². The maximum absolute atomic E-state index is 11.0. The molecular formula is C7H10O6. The Kier molecular flexibility index (Phi) is 2.53. The second kappa shape index (κ2) is 3.31. The minimum Gasteiger partial charge on any atom is -0.481 e. The van der Waals surface area contributed by atoms with Crippen molar-refractivity contribution in [3.8, 4) is 0 Å². The molecule has 0 bridgehead atoms. The minimum atomic E-state index is -2.08. The summed E-state index contributed by atoms with van der Waals surface area (Å²) in [4.78, 5) is 21.2. The SMILES string of the molecule is O=C(O)CC1(O)CC(O)COC1=O. The number of hydrogen-bond acceptors (Lipinski definition) is 5. The molecule has 13 heavy (non-hydrogen) atoms. The molecule has 0 aliphatic carbocycles. The van der Waals surface area contributed by atoms with Crippen molar-refractivity contribution in [3.05, 3.63) is 0 Å². The van der Waals surface area contributed by atoms with E-state index in [-0.39, 0.29) is 13.0 Å². The van der Waals surface area contributed by atoms with Crippen LogP contribution in [0.3, 0.4) is 0 Å². The number of ether oxygens (including phenoxy) is 1. The van der Waals surface area contributed by atoms with Crippen molar-refractivity contribution in [3.63, 3.8) is 0 Å². The van der Waals surface area contributed by atoms with E-state index in [0.717, 1.165) is 0 Å². The molecule has 1 heterocycles. The predicted molar refractivity (Wildman–Crippen MR) is 38.8 cm³/mol. The molecular weight excluding hydrogens is 180 g/mol. The van der Waals surface area contributed by atoms with Crippen LogP contribution in [0, 0.1) is 0 Å². The Morgan fingerprint density at radius 1 is 1.69 bits per heavy atom. The minimum absolute atomic E-state index is 0.194. The molecule has 0 spiro atoms. The van der Waals surface area contributed by atoms with Gasteiger partial charge in [0.2, 0.25) is 0 Å². The molecule has 6 heteroatoms. The van der Waals surface area contributed by atoms with E-state index >= 15 is 0 Å². The molecule has 1 aliphatic rings. The van der Waals surface area contributed by atoms with Crippen LogP contribution in [0.1, 0.15) is 12.8 Å². The van der Waals surface area contributed by atoms with Crippen LogP contribution >= 0.6 is 0 Å². The molecule has 0 aromatic rings. The number of carbonyl (C=O) groups excluding carboxylic acids is 1. The quantitative estimate of drug-likeness (QED) is 0.458. The van der Waals surface area contributed by atoms with Gasteiger partial charge < -0.3 is 20.1 Å². The summed E-state index contributed by atoms with van der Waals surface area (Å²) in [5, 5.41) is 26.9. The first kappa shape index (κ1) is 9.94. The van der Waals surface area contributed by atoms with Crippen LogP contribution in [0.2, 0.25) is 0 Å². The zero-order valence-corrected chi connectivity index (χ0v) is 6.77. The number of esters is 1. The summed E-state index contributed by atoms with van der Waals surface area (Å²) in [6.45, 7) is -0.194. The number of aliphatic carboxylic acids is 1. The number of aliphatic hydroxyl groups is 2. The van der Waals surface area contributed by atoms with Crippen LogP contribution < -0.4 is 0 Å². The summed E-state index contributed by atoms with van der Waals surface area (Å²) >= 11 is 0. The largest absolute Gasteiger partial charge is 0.481 e. The summed E-state index contributed by atoms with van der Waals surface area (Å²) in [7, 11) is 0. The van der Waals surface area contributed by atoms with E-state index in [2.05, 4.69) is 4.74 Å². The molecule has 1 saturated heterocycles. The summed E-state index contributed by atoms with van der Waals surface area (Å²) in [6.07, 6.45) is -2.04. The van der Waals surface area contributed by atoms with Gasteiger partial charge in [-0.1, -0.05) is 0 Å². The van der Waals surface area contributed by atoms with E-state index in [1.807, 2.05) is 0 Å². The Bertz CT molecular complexity index is 237. The monoisotopic (exact) mass is 190 g/mol. The number of carbonyl (C=O) groups is 2. The summed E-state index contributed by atoms with van der Waals surface area (Å²) in [5.74, 6) is -2.30. The van der Waals surface area contributed by atoms with Crippen LogP contribution in [-0.4, -0.2) is 45.6 Å². The highest BCUT2D eigenvalue weighted by atomic mass is 16.6. The number of carboxylic acids is 1. The molecule has 1 rings (SSSR count). The van der Waals surface area contributed by atoms with Crippen LogP contribution in [0.25, 0.3) is 0 Å².